The summed E-state index contributed by atoms with van der Waals surface area (Å²) in [7, 11) is 0. The highest BCUT2D eigenvalue weighted by molar-refractivity contribution is 5.94. The van der Waals surface area contributed by atoms with Gasteiger partial charge in [-0.15, -0.1) is 0 Å². The highest BCUT2D eigenvalue weighted by atomic mass is 19.4. The molecule has 0 fully saturated rings. The Kier molecular flexibility index (Phi) is 5.50. The minimum absolute atomic E-state index is 0.213. The van der Waals surface area contributed by atoms with Gasteiger partial charge in [0.15, 0.2) is 0 Å². The smallest absolute Gasteiger partial charge is 0.368 e. The lowest BCUT2D eigenvalue weighted by Crippen LogP contribution is -2.58. The third-order valence-corrected chi connectivity index (χ3v) is 4.99. The van der Waals surface area contributed by atoms with Crippen LogP contribution in [0.2, 0.25) is 0 Å². The normalized spacial score (nSPS) is 13.9. The topological polar surface area (TPSA) is 120 Å². The number of pyridine rings is 2. The second-order valence-corrected chi connectivity index (χ2v) is 7.19. The highest BCUT2D eigenvalue weighted by Gasteiger charge is 2.44. The second kappa shape index (κ2) is 7.76. The Bertz CT molecular complexity index is 1130. The Labute approximate surface area is 170 Å². The standard InChI is InChI=1S/C20H19F3N6O/c1-11(2)20(18(25)30,29-10-19(21,22)23)14-4-13(7-26-8-14)16-9-28-17-15(16)3-12(5-24)6-27-17/h3-4,6-9,11,29H,10H2,1-2H3,(H2,25,30)(H,27,28)/t20-/m1/s1. The molecule has 3 aromatic heterocycles. The Morgan fingerprint density at radius 1 is 1.30 bits per heavy atom. The first-order chi connectivity index (χ1) is 14.1. The Morgan fingerprint density at radius 3 is 2.63 bits per heavy atom. The van der Waals surface area contributed by atoms with Crippen molar-refractivity contribution in [2.75, 3.05) is 6.54 Å². The van der Waals surface area contributed by atoms with E-state index in [0.29, 0.717) is 27.7 Å². The van der Waals surface area contributed by atoms with Gasteiger partial charge in [-0.05, 0) is 18.1 Å². The molecule has 0 aliphatic rings. The summed E-state index contributed by atoms with van der Waals surface area (Å²) in [5.41, 5.74) is 6.09. The first kappa shape index (κ1) is 21.3. The van der Waals surface area contributed by atoms with E-state index >= 15 is 0 Å². The van der Waals surface area contributed by atoms with Crippen molar-refractivity contribution in [3.8, 4) is 17.2 Å². The van der Waals surface area contributed by atoms with E-state index in [2.05, 4.69) is 20.3 Å². The molecule has 3 aromatic rings. The van der Waals surface area contributed by atoms with Crippen molar-refractivity contribution in [1.29, 1.82) is 5.26 Å². The molecule has 3 rings (SSSR count). The Balaban J connectivity index is 2.14. The molecule has 4 N–H and O–H groups in total. The predicted octanol–water partition coefficient (Wildman–Crippen LogP) is 2.99. The van der Waals surface area contributed by atoms with Crippen LogP contribution in [-0.2, 0) is 10.3 Å². The van der Waals surface area contributed by atoms with Gasteiger partial charge in [0, 0.05) is 46.9 Å². The number of rotatable bonds is 6. The summed E-state index contributed by atoms with van der Waals surface area (Å²) < 4.78 is 38.7. The molecule has 1 amide bonds. The third-order valence-electron chi connectivity index (χ3n) is 4.99. The largest absolute Gasteiger partial charge is 0.401 e. The molecular weight excluding hydrogens is 397 g/mol. The molecule has 7 nitrogen and oxygen atoms in total. The highest BCUT2D eigenvalue weighted by Crippen LogP contribution is 2.34. The molecule has 0 radical (unpaired) electrons. The van der Waals surface area contributed by atoms with Crippen LogP contribution in [-0.4, -0.2) is 33.6 Å². The number of alkyl halides is 3. The van der Waals surface area contributed by atoms with Gasteiger partial charge in [-0.2, -0.15) is 18.4 Å². The molecular formula is C20H19F3N6O. The molecule has 1 atom stereocenters. The number of hydrogen-bond acceptors (Lipinski definition) is 5. The van der Waals surface area contributed by atoms with Crippen LogP contribution < -0.4 is 11.1 Å². The number of primary amides is 1. The van der Waals surface area contributed by atoms with Gasteiger partial charge in [-0.1, -0.05) is 13.8 Å². The number of H-pyrrole nitrogens is 1. The number of nitrogens with two attached hydrogens (primary N) is 1. The van der Waals surface area contributed by atoms with E-state index in [0.717, 1.165) is 0 Å². The van der Waals surface area contributed by atoms with Crippen molar-refractivity contribution in [2.45, 2.75) is 25.6 Å². The lowest BCUT2D eigenvalue weighted by Gasteiger charge is -2.36. The maximum atomic E-state index is 12.9. The van der Waals surface area contributed by atoms with Crippen molar-refractivity contribution < 1.29 is 18.0 Å². The molecule has 0 spiro atoms. The zero-order valence-corrected chi connectivity index (χ0v) is 16.2. The summed E-state index contributed by atoms with van der Waals surface area (Å²) in [6, 6.07) is 5.23. The van der Waals surface area contributed by atoms with Crippen LogP contribution in [0.1, 0.15) is 25.0 Å². The van der Waals surface area contributed by atoms with Crippen molar-refractivity contribution in [3.63, 3.8) is 0 Å². The van der Waals surface area contributed by atoms with Gasteiger partial charge in [0.25, 0.3) is 0 Å². The molecule has 0 bridgehead atoms. The van der Waals surface area contributed by atoms with Crippen LogP contribution >= 0.6 is 0 Å². The molecule has 3 heterocycles. The van der Waals surface area contributed by atoms with Crippen molar-refractivity contribution >= 4 is 16.9 Å². The Hall–Kier alpha value is -3.45. The summed E-state index contributed by atoms with van der Waals surface area (Å²) >= 11 is 0. The molecule has 156 valence electrons. The summed E-state index contributed by atoms with van der Waals surface area (Å²) in [6.07, 6.45) is 1.39. The number of fused-ring (bicyclic) bond motifs is 1. The number of carbonyl (C=O) groups is 1. The van der Waals surface area contributed by atoms with Crippen LogP contribution in [0.3, 0.4) is 0 Å². The number of nitrogens with zero attached hydrogens (tertiary/aromatic N) is 3. The number of aromatic amines is 1. The molecule has 10 heteroatoms. The van der Waals surface area contributed by atoms with Gasteiger partial charge < -0.3 is 10.7 Å². The van der Waals surface area contributed by atoms with Gasteiger partial charge in [-0.3, -0.25) is 15.1 Å². The minimum atomic E-state index is -4.53. The number of hydrogen-bond donors (Lipinski definition) is 3. The monoisotopic (exact) mass is 416 g/mol. The fourth-order valence-electron chi connectivity index (χ4n) is 3.50. The Morgan fingerprint density at radius 2 is 2.03 bits per heavy atom. The van der Waals surface area contributed by atoms with Gasteiger partial charge >= 0.3 is 6.18 Å². The summed E-state index contributed by atoms with van der Waals surface area (Å²) in [6.45, 7) is 1.83. The zero-order valence-electron chi connectivity index (χ0n) is 16.2. The molecule has 0 aromatic carbocycles. The van der Waals surface area contributed by atoms with Crippen molar-refractivity contribution in [1.82, 2.24) is 20.3 Å². The number of amides is 1. The van der Waals surface area contributed by atoms with E-state index < -0.39 is 30.1 Å². The van der Waals surface area contributed by atoms with Gasteiger partial charge in [0.05, 0.1) is 12.1 Å². The molecule has 0 aliphatic heterocycles. The number of carbonyl (C=O) groups excluding carboxylic acids is 1. The third kappa shape index (κ3) is 3.84. The van der Waals surface area contributed by atoms with Gasteiger partial charge in [-0.25, -0.2) is 4.98 Å². The number of aromatic nitrogens is 3. The van der Waals surface area contributed by atoms with Crippen LogP contribution in [0.25, 0.3) is 22.2 Å². The first-order valence-corrected chi connectivity index (χ1v) is 9.03. The lowest BCUT2D eigenvalue weighted by atomic mass is 9.79. The lowest BCUT2D eigenvalue weighted by molar-refractivity contribution is -0.139. The second-order valence-electron chi connectivity index (χ2n) is 7.19. The SMILES string of the molecule is CC(C)[C@](NCC(F)(F)F)(C(N)=O)c1cncc(-c2c[nH]c3ncc(C#N)cc23)c1. The van der Waals surface area contributed by atoms with E-state index in [1.807, 2.05) is 6.07 Å². The molecule has 30 heavy (non-hydrogen) atoms. The van der Waals surface area contributed by atoms with Crippen LogP contribution in [0.15, 0.2) is 36.9 Å². The average molecular weight is 416 g/mol. The number of halogens is 3. The summed E-state index contributed by atoms with van der Waals surface area (Å²) in [5, 5.41) is 12.1. The van der Waals surface area contributed by atoms with E-state index in [-0.39, 0.29) is 5.56 Å². The molecule has 0 unspecified atom stereocenters. The van der Waals surface area contributed by atoms with Gasteiger partial charge in [0.2, 0.25) is 5.91 Å². The van der Waals surface area contributed by atoms with Crippen LogP contribution in [0.4, 0.5) is 13.2 Å². The summed E-state index contributed by atoms with van der Waals surface area (Å²) in [4.78, 5) is 23.7. The first-order valence-electron chi connectivity index (χ1n) is 9.03. The maximum absolute atomic E-state index is 12.9. The van der Waals surface area contributed by atoms with E-state index in [9.17, 15) is 18.0 Å². The van der Waals surface area contributed by atoms with Crippen LogP contribution in [0.5, 0.6) is 0 Å². The summed E-state index contributed by atoms with van der Waals surface area (Å²) in [5.74, 6) is -1.53. The minimum Gasteiger partial charge on any atom is -0.368 e. The van der Waals surface area contributed by atoms with Crippen molar-refractivity contribution in [2.24, 2.45) is 11.7 Å². The average Bonchev–Trinajstić information content (AvgIpc) is 3.10. The fraction of sp³-hybridized carbons (Fsp3) is 0.300. The van der Waals surface area contributed by atoms with Crippen LogP contribution in [0, 0.1) is 17.2 Å². The van der Waals surface area contributed by atoms with Gasteiger partial charge in [0.1, 0.15) is 17.3 Å². The fourth-order valence-corrected chi connectivity index (χ4v) is 3.50. The zero-order chi connectivity index (χ0) is 22.1. The van der Waals surface area contributed by atoms with E-state index in [1.165, 1.54) is 18.6 Å². The predicted molar refractivity (Wildman–Crippen MR) is 104 cm³/mol. The molecule has 0 saturated carbocycles. The van der Waals surface area contributed by atoms with E-state index in [1.54, 1.807) is 32.2 Å². The van der Waals surface area contributed by atoms with Crippen molar-refractivity contribution in [3.05, 3.63) is 48.0 Å². The van der Waals surface area contributed by atoms with E-state index in [4.69, 9.17) is 11.0 Å². The number of nitrogens with one attached hydrogen (secondary N) is 2. The maximum Gasteiger partial charge on any atom is 0.401 e. The quantitative estimate of drug-likeness (QED) is 0.571. The number of nitriles is 1. The molecule has 0 saturated heterocycles. The molecule has 0 aliphatic carbocycles.